The molecule has 2 aromatic rings. The molecule has 0 fully saturated rings. The van der Waals surface area contributed by atoms with Gasteiger partial charge in [-0.15, -0.1) is 0 Å². The van der Waals surface area contributed by atoms with Crippen LogP contribution in [0, 0.1) is 6.92 Å². The molecule has 4 heteroatoms. The highest BCUT2D eigenvalue weighted by molar-refractivity contribution is 9.10. The summed E-state index contributed by atoms with van der Waals surface area (Å²) in [5, 5.41) is 4.29. The summed E-state index contributed by atoms with van der Waals surface area (Å²) in [5.41, 5.74) is 3.34. The maximum atomic E-state index is 6.27. The predicted molar refractivity (Wildman–Crippen MR) is 86.8 cm³/mol. The second-order valence-electron chi connectivity index (χ2n) is 5.00. The highest BCUT2D eigenvalue weighted by Gasteiger charge is 2.22. The van der Waals surface area contributed by atoms with E-state index in [1.54, 1.807) is 0 Å². The molecule has 20 heavy (non-hydrogen) atoms. The minimum absolute atomic E-state index is 0.218. The predicted octanol–water partition coefficient (Wildman–Crippen LogP) is 5.35. The molecule has 1 aliphatic rings. The molecule has 104 valence electrons. The summed E-state index contributed by atoms with van der Waals surface area (Å²) in [4.78, 5) is 0. The minimum atomic E-state index is 0.218. The number of fused-ring (bicyclic) bond motifs is 1. The van der Waals surface area contributed by atoms with Gasteiger partial charge in [-0.25, -0.2) is 0 Å². The van der Waals surface area contributed by atoms with Crippen LogP contribution in [0.1, 0.15) is 23.6 Å². The summed E-state index contributed by atoms with van der Waals surface area (Å²) < 4.78 is 6.77. The van der Waals surface area contributed by atoms with E-state index in [0.717, 1.165) is 34.0 Å². The number of hydrogen-bond acceptors (Lipinski definition) is 2. The van der Waals surface area contributed by atoms with E-state index in [4.69, 9.17) is 16.3 Å². The molecule has 2 nitrogen and oxygen atoms in total. The number of hydrogen-bond donors (Lipinski definition) is 1. The maximum absolute atomic E-state index is 6.27. The van der Waals surface area contributed by atoms with Gasteiger partial charge in [-0.3, -0.25) is 0 Å². The van der Waals surface area contributed by atoms with Gasteiger partial charge in [-0.2, -0.15) is 0 Å². The molecule has 1 N–H and O–H groups in total. The van der Waals surface area contributed by atoms with E-state index in [0.29, 0.717) is 0 Å². The van der Waals surface area contributed by atoms with Crippen LogP contribution in [0.25, 0.3) is 0 Å². The van der Waals surface area contributed by atoms with Crippen LogP contribution in [0.3, 0.4) is 0 Å². The van der Waals surface area contributed by atoms with E-state index in [9.17, 15) is 0 Å². The Morgan fingerprint density at radius 2 is 2.10 bits per heavy atom. The fourth-order valence-electron chi connectivity index (χ4n) is 2.45. The van der Waals surface area contributed by atoms with E-state index >= 15 is 0 Å². The molecule has 0 spiro atoms. The van der Waals surface area contributed by atoms with Gasteiger partial charge in [0.1, 0.15) is 5.75 Å². The molecule has 1 atom stereocenters. The number of aryl methyl sites for hydroxylation is 1. The zero-order valence-electron chi connectivity index (χ0n) is 11.1. The molecule has 0 saturated heterocycles. The third kappa shape index (κ3) is 2.79. The maximum Gasteiger partial charge on any atom is 0.124 e. The summed E-state index contributed by atoms with van der Waals surface area (Å²) in [5.74, 6) is 0.945. The van der Waals surface area contributed by atoms with E-state index in [2.05, 4.69) is 40.3 Å². The van der Waals surface area contributed by atoms with Crippen LogP contribution >= 0.6 is 27.5 Å². The molecule has 0 radical (unpaired) electrons. The summed E-state index contributed by atoms with van der Waals surface area (Å²) in [6, 6.07) is 12.4. The number of nitrogens with one attached hydrogen (secondary N) is 1. The fraction of sp³-hybridized carbons (Fsp3) is 0.250. The van der Waals surface area contributed by atoms with Crippen LogP contribution in [-0.4, -0.2) is 6.61 Å². The Hall–Kier alpha value is -1.19. The molecule has 0 bridgehead atoms. The van der Waals surface area contributed by atoms with E-state index < -0.39 is 0 Å². The Balaban J connectivity index is 1.93. The lowest BCUT2D eigenvalue weighted by Gasteiger charge is -2.28. The van der Waals surface area contributed by atoms with Crippen molar-refractivity contribution in [1.29, 1.82) is 0 Å². The Morgan fingerprint density at radius 1 is 1.25 bits per heavy atom. The largest absolute Gasteiger partial charge is 0.493 e. The molecule has 0 saturated carbocycles. The van der Waals surface area contributed by atoms with Gasteiger partial charge >= 0.3 is 0 Å². The van der Waals surface area contributed by atoms with Crippen molar-refractivity contribution in [2.45, 2.75) is 19.4 Å². The van der Waals surface area contributed by atoms with Crippen LogP contribution in [0.4, 0.5) is 5.69 Å². The molecule has 1 heterocycles. The lowest BCUT2D eigenvalue weighted by Crippen LogP contribution is -2.20. The van der Waals surface area contributed by atoms with Crippen LogP contribution in [0.15, 0.2) is 40.9 Å². The van der Waals surface area contributed by atoms with Crippen molar-refractivity contribution in [3.63, 3.8) is 0 Å². The minimum Gasteiger partial charge on any atom is -0.493 e. The van der Waals surface area contributed by atoms with Gasteiger partial charge < -0.3 is 10.1 Å². The number of halogens is 2. The SMILES string of the molecule is Cc1ccc(Cl)c(NC2CCOc3ccc(Br)cc32)c1. The fourth-order valence-corrected chi connectivity index (χ4v) is 3.00. The van der Waals surface area contributed by atoms with Crippen molar-refractivity contribution in [1.82, 2.24) is 0 Å². The quantitative estimate of drug-likeness (QED) is 0.787. The molecular weight excluding hydrogens is 338 g/mol. The number of anilines is 1. The lowest BCUT2D eigenvalue weighted by molar-refractivity contribution is 0.274. The third-order valence-electron chi connectivity index (χ3n) is 3.46. The summed E-state index contributed by atoms with van der Waals surface area (Å²) in [7, 11) is 0. The Labute approximate surface area is 132 Å². The van der Waals surface area contributed by atoms with E-state index in [-0.39, 0.29) is 6.04 Å². The normalized spacial score (nSPS) is 17.2. The molecule has 3 rings (SSSR count). The van der Waals surface area contributed by atoms with Crippen LogP contribution in [0.5, 0.6) is 5.75 Å². The van der Waals surface area contributed by atoms with Gasteiger partial charge in [0.2, 0.25) is 0 Å². The summed E-state index contributed by atoms with van der Waals surface area (Å²) >= 11 is 9.79. The number of rotatable bonds is 2. The standard InChI is InChI=1S/C16H15BrClNO/c1-10-2-4-13(18)15(8-10)19-14-6-7-20-16-5-3-11(17)9-12(14)16/h2-5,8-9,14,19H,6-7H2,1H3. The monoisotopic (exact) mass is 351 g/mol. The number of ether oxygens (including phenoxy) is 1. The van der Waals surface area contributed by atoms with Crippen molar-refractivity contribution in [2.24, 2.45) is 0 Å². The van der Waals surface area contributed by atoms with Gasteiger partial charge in [-0.05, 0) is 42.8 Å². The topological polar surface area (TPSA) is 21.3 Å². The van der Waals surface area contributed by atoms with Crippen LogP contribution < -0.4 is 10.1 Å². The first-order valence-corrected chi connectivity index (χ1v) is 7.75. The van der Waals surface area contributed by atoms with Crippen molar-refractivity contribution in [3.05, 3.63) is 57.0 Å². The van der Waals surface area contributed by atoms with Crippen molar-refractivity contribution < 1.29 is 4.74 Å². The van der Waals surface area contributed by atoms with Gasteiger partial charge in [0, 0.05) is 16.5 Å². The second kappa shape index (κ2) is 5.66. The molecule has 0 aromatic heterocycles. The third-order valence-corrected chi connectivity index (χ3v) is 4.29. The van der Waals surface area contributed by atoms with E-state index in [1.807, 2.05) is 24.3 Å². The van der Waals surface area contributed by atoms with Gasteiger partial charge in [0.15, 0.2) is 0 Å². The smallest absolute Gasteiger partial charge is 0.124 e. The highest BCUT2D eigenvalue weighted by atomic mass is 79.9. The first kappa shape index (κ1) is 13.8. The highest BCUT2D eigenvalue weighted by Crippen LogP contribution is 2.37. The molecule has 0 amide bonds. The molecular formula is C16H15BrClNO. The van der Waals surface area contributed by atoms with Crippen molar-refractivity contribution in [2.75, 3.05) is 11.9 Å². The van der Waals surface area contributed by atoms with Crippen LogP contribution in [0.2, 0.25) is 5.02 Å². The van der Waals surface area contributed by atoms with Gasteiger partial charge in [-0.1, -0.05) is 33.6 Å². The Morgan fingerprint density at radius 3 is 2.95 bits per heavy atom. The average Bonchev–Trinajstić information content (AvgIpc) is 2.43. The summed E-state index contributed by atoms with van der Waals surface area (Å²) in [6.45, 7) is 2.78. The second-order valence-corrected chi connectivity index (χ2v) is 6.32. The lowest BCUT2D eigenvalue weighted by atomic mass is 10.00. The average molecular weight is 353 g/mol. The van der Waals surface area contributed by atoms with Gasteiger partial charge in [0.25, 0.3) is 0 Å². The summed E-state index contributed by atoms with van der Waals surface area (Å²) in [6.07, 6.45) is 0.924. The molecule has 1 unspecified atom stereocenters. The zero-order valence-corrected chi connectivity index (χ0v) is 13.5. The molecule has 0 aliphatic carbocycles. The Kier molecular flexibility index (Phi) is 3.90. The van der Waals surface area contributed by atoms with Gasteiger partial charge in [0.05, 0.1) is 23.4 Å². The number of benzene rings is 2. The van der Waals surface area contributed by atoms with Crippen molar-refractivity contribution in [3.8, 4) is 5.75 Å². The first-order valence-electron chi connectivity index (χ1n) is 6.58. The zero-order chi connectivity index (χ0) is 14.1. The Bertz CT molecular complexity index is 644. The van der Waals surface area contributed by atoms with Crippen molar-refractivity contribution >= 4 is 33.2 Å². The molecule has 2 aromatic carbocycles. The van der Waals surface area contributed by atoms with E-state index in [1.165, 1.54) is 11.1 Å². The molecule has 1 aliphatic heterocycles. The van der Waals surface area contributed by atoms with Crippen LogP contribution in [-0.2, 0) is 0 Å². The first-order chi connectivity index (χ1) is 9.63.